The molecule has 2 amide bonds. The van der Waals surface area contributed by atoms with Crippen LogP contribution in [0.5, 0.6) is 5.75 Å². The number of ether oxygens (including phenoxy) is 1. The average molecular weight is 425 g/mol. The number of halogens is 3. The first-order valence-corrected chi connectivity index (χ1v) is 9.52. The monoisotopic (exact) mass is 425 g/mol. The van der Waals surface area contributed by atoms with Gasteiger partial charge < -0.3 is 10.5 Å². The second-order valence-corrected chi connectivity index (χ2v) is 6.95. The molecule has 3 aromatic carbocycles. The van der Waals surface area contributed by atoms with Crippen LogP contribution in [0.2, 0.25) is 0 Å². The molecule has 0 saturated heterocycles. The van der Waals surface area contributed by atoms with Crippen molar-refractivity contribution in [3.8, 4) is 5.75 Å². The van der Waals surface area contributed by atoms with Crippen molar-refractivity contribution in [1.29, 1.82) is 0 Å². The van der Waals surface area contributed by atoms with Crippen molar-refractivity contribution in [2.45, 2.75) is 19.2 Å². The Balaban J connectivity index is 1.80. The van der Waals surface area contributed by atoms with Crippen LogP contribution in [0.15, 0.2) is 77.9 Å². The molecule has 1 aliphatic carbocycles. The molecule has 0 spiro atoms. The summed E-state index contributed by atoms with van der Waals surface area (Å²) >= 11 is 0. The molecule has 0 aromatic heterocycles. The highest BCUT2D eigenvalue weighted by molar-refractivity contribution is 6.16. The number of alkyl halides is 3. The second kappa shape index (κ2) is 8.14. The summed E-state index contributed by atoms with van der Waals surface area (Å²) < 4.78 is 41.2. The van der Waals surface area contributed by atoms with Crippen LogP contribution in [-0.2, 0) is 12.8 Å². The number of fused-ring (bicyclic) bond motifs is 2. The Kier molecular flexibility index (Phi) is 5.37. The fraction of sp³-hybridized carbons (Fsp3) is 0.130. The number of hydrogen-bond donors (Lipinski definition) is 1. The summed E-state index contributed by atoms with van der Waals surface area (Å²) in [5.74, 6) is -0.404. The Bertz CT molecular complexity index is 1090. The smallest absolute Gasteiger partial charge is 0.406 e. The average Bonchev–Trinajstić information content (AvgIpc) is 2.88. The molecule has 0 heterocycles. The number of carbonyl (C=O) groups excluding carboxylic acids is 1. The lowest BCUT2D eigenvalue weighted by Gasteiger charge is -2.19. The summed E-state index contributed by atoms with van der Waals surface area (Å²) in [4.78, 5) is 12.2. The maximum Gasteiger partial charge on any atom is 0.573 e. The van der Waals surface area contributed by atoms with Gasteiger partial charge in [0.15, 0.2) is 0 Å². The molecule has 0 radical (unpaired) electrons. The van der Waals surface area contributed by atoms with Crippen LogP contribution in [0.3, 0.4) is 0 Å². The van der Waals surface area contributed by atoms with Crippen molar-refractivity contribution in [2.24, 2.45) is 10.8 Å². The number of rotatable bonds is 3. The normalized spacial score (nSPS) is 12.9. The van der Waals surface area contributed by atoms with Gasteiger partial charge in [0, 0.05) is 11.1 Å². The molecule has 0 atom stereocenters. The van der Waals surface area contributed by atoms with E-state index in [0.29, 0.717) is 5.71 Å². The lowest BCUT2D eigenvalue weighted by molar-refractivity contribution is -0.274. The number of anilines is 1. The molecule has 2 N–H and O–H groups in total. The SMILES string of the molecule is NC(=O)N(N=C1c2ccccc2CCc2ccccc21)c1ccc(OC(F)(F)F)cc1. The molecule has 158 valence electrons. The Morgan fingerprint density at radius 3 is 1.87 bits per heavy atom. The molecule has 3 aromatic rings. The zero-order chi connectivity index (χ0) is 22.0. The molecule has 8 heteroatoms. The number of amides is 2. The zero-order valence-electron chi connectivity index (χ0n) is 16.3. The van der Waals surface area contributed by atoms with E-state index in [0.717, 1.165) is 52.2 Å². The van der Waals surface area contributed by atoms with E-state index in [2.05, 4.69) is 9.84 Å². The number of nitrogens with two attached hydrogens (primary N) is 1. The number of carbonyl (C=O) groups is 1. The summed E-state index contributed by atoms with van der Waals surface area (Å²) in [7, 11) is 0. The van der Waals surface area contributed by atoms with Crippen molar-refractivity contribution in [1.82, 2.24) is 0 Å². The fourth-order valence-corrected chi connectivity index (χ4v) is 3.58. The maximum atomic E-state index is 12.4. The maximum absolute atomic E-state index is 12.4. The second-order valence-electron chi connectivity index (χ2n) is 6.95. The van der Waals surface area contributed by atoms with Crippen molar-refractivity contribution in [2.75, 3.05) is 5.01 Å². The number of primary amides is 1. The Labute approximate surface area is 176 Å². The Hall–Kier alpha value is -3.81. The largest absolute Gasteiger partial charge is 0.573 e. The Morgan fingerprint density at radius 1 is 0.871 bits per heavy atom. The molecule has 31 heavy (non-hydrogen) atoms. The molecule has 0 bridgehead atoms. The molecule has 4 rings (SSSR count). The van der Waals surface area contributed by atoms with Gasteiger partial charge in [0.25, 0.3) is 0 Å². The van der Waals surface area contributed by atoms with Crippen LogP contribution in [0, 0.1) is 0 Å². The summed E-state index contributed by atoms with van der Waals surface area (Å²) in [6.45, 7) is 0. The van der Waals surface area contributed by atoms with Crippen LogP contribution in [0.1, 0.15) is 22.3 Å². The number of hydrogen-bond acceptors (Lipinski definition) is 3. The van der Waals surface area contributed by atoms with Crippen molar-refractivity contribution in [3.05, 3.63) is 95.1 Å². The van der Waals surface area contributed by atoms with Gasteiger partial charge in [-0.3, -0.25) is 0 Å². The summed E-state index contributed by atoms with van der Waals surface area (Å²) in [5.41, 5.74) is 10.3. The van der Waals surface area contributed by atoms with E-state index in [1.807, 2.05) is 48.5 Å². The van der Waals surface area contributed by atoms with Gasteiger partial charge in [0.1, 0.15) is 5.75 Å². The molecule has 0 saturated carbocycles. The summed E-state index contributed by atoms with van der Waals surface area (Å²) in [6, 6.07) is 19.5. The standard InChI is InChI=1S/C23H18F3N3O2/c24-23(25,26)31-18-13-11-17(12-14-18)29(22(27)30)28-21-19-7-3-1-5-15(19)9-10-16-6-2-4-8-20(16)21/h1-8,11-14H,9-10H2,(H2,27,30). The first-order valence-electron chi connectivity index (χ1n) is 9.52. The first-order chi connectivity index (χ1) is 14.8. The lowest BCUT2D eigenvalue weighted by Crippen LogP contribution is -2.32. The minimum Gasteiger partial charge on any atom is -0.406 e. The van der Waals surface area contributed by atoms with Crippen LogP contribution >= 0.6 is 0 Å². The minimum absolute atomic E-state index is 0.216. The minimum atomic E-state index is -4.81. The van der Waals surface area contributed by atoms with E-state index in [1.165, 1.54) is 12.1 Å². The highest BCUT2D eigenvalue weighted by Gasteiger charge is 2.31. The van der Waals surface area contributed by atoms with Crippen molar-refractivity contribution >= 4 is 17.4 Å². The quantitative estimate of drug-likeness (QED) is 0.599. The predicted octanol–water partition coefficient (Wildman–Crippen LogP) is 5.02. The van der Waals surface area contributed by atoms with E-state index in [4.69, 9.17) is 5.73 Å². The lowest BCUT2D eigenvalue weighted by atomic mass is 9.98. The van der Waals surface area contributed by atoms with E-state index in [1.54, 1.807) is 0 Å². The van der Waals surface area contributed by atoms with E-state index in [-0.39, 0.29) is 5.69 Å². The summed E-state index contributed by atoms with van der Waals surface area (Å²) in [5, 5.41) is 5.54. The number of nitrogens with zero attached hydrogens (tertiary/aromatic N) is 2. The third-order valence-corrected chi connectivity index (χ3v) is 4.93. The van der Waals surface area contributed by atoms with Crippen LogP contribution in [0.4, 0.5) is 23.7 Å². The number of aryl methyl sites for hydroxylation is 2. The fourth-order valence-electron chi connectivity index (χ4n) is 3.58. The molecule has 1 aliphatic rings. The van der Waals surface area contributed by atoms with Crippen LogP contribution in [0.25, 0.3) is 0 Å². The third-order valence-electron chi connectivity index (χ3n) is 4.93. The van der Waals surface area contributed by atoms with Crippen molar-refractivity contribution < 1.29 is 22.7 Å². The number of benzene rings is 3. The van der Waals surface area contributed by atoms with E-state index in [9.17, 15) is 18.0 Å². The van der Waals surface area contributed by atoms with Gasteiger partial charge in [-0.05, 0) is 48.2 Å². The van der Waals surface area contributed by atoms with Crippen LogP contribution in [-0.4, -0.2) is 18.1 Å². The van der Waals surface area contributed by atoms with E-state index >= 15 is 0 Å². The molecule has 0 fully saturated rings. The highest BCUT2D eigenvalue weighted by atomic mass is 19.4. The molecule has 0 aliphatic heterocycles. The third kappa shape index (κ3) is 4.53. The Morgan fingerprint density at radius 2 is 1.39 bits per heavy atom. The predicted molar refractivity (Wildman–Crippen MR) is 111 cm³/mol. The van der Waals surface area contributed by atoms with Crippen molar-refractivity contribution in [3.63, 3.8) is 0 Å². The van der Waals surface area contributed by atoms with Gasteiger partial charge in [0.2, 0.25) is 0 Å². The highest BCUT2D eigenvalue weighted by Crippen LogP contribution is 2.28. The van der Waals surface area contributed by atoms with Crippen LogP contribution < -0.4 is 15.5 Å². The molecular weight excluding hydrogens is 407 g/mol. The molecule has 0 unspecified atom stereocenters. The topological polar surface area (TPSA) is 67.9 Å². The summed E-state index contributed by atoms with van der Waals surface area (Å²) in [6.07, 6.45) is -3.18. The number of hydrazone groups is 1. The number of urea groups is 1. The molecule has 5 nitrogen and oxygen atoms in total. The van der Waals surface area contributed by atoms with E-state index < -0.39 is 18.1 Å². The first kappa shape index (κ1) is 20.5. The molecular formula is C23H18F3N3O2. The van der Waals surface area contributed by atoms with Gasteiger partial charge in [-0.2, -0.15) is 10.1 Å². The van der Waals surface area contributed by atoms with Gasteiger partial charge in [-0.15, -0.1) is 13.2 Å². The van der Waals surface area contributed by atoms with Gasteiger partial charge >= 0.3 is 12.4 Å². The van der Waals surface area contributed by atoms with Gasteiger partial charge in [0.05, 0.1) is 11.4 Å². The van der Waals surface area contributed by atoms with Gasteiger partial charge in [-0.1, -0.05) is 48.5 Å². The van der Waals surface area contributed by atoms with Gasteiger partial charge in [-0.25, -0.2) is 4.79 Å². The zero-order valence-corrected chi connectivity index (χ0v) is 16.3.